The summed E-state index contributed by atoms with van der Waals surface area (Å²) in [5.41, 5.74) is 1.40. The summed E-state index contributed by atoms with van der Waals surface area (Å²) in [5, 5.41) is 0.925. The SMILES string of the molecule is O=C(c1ccc(OC(F)(F)F)cc1)N1CCSC(c2ccccc2Cl)CC1. The van der Waals surface area contributed by atoms with E-state index in [4.69, 9.17) is 11.6 Å². The summed E-state index contributed by atoms with van der Waals surface area (Å²) < 4.78 is 40.5. The predicted molar refractivity (Wildman–Crippen MR) is 100 cm³/mol. The molecule has 1 fully saturated rings. The molecule has 1 aliphatic heterocycles. The van der Waals surface area contributed by atoms with Crippen LogP contribution in [0, 0.1) is 0 Å². The van der Waals surface area contributed by atoms with E-state index in [9.17, 15) is 18.0 Å². The highest BCUT2D eigenvalue weighted by Crippen LogP contribution is 2.38. The van der Waals surface area contributed by atoms with E-state index in [1.54, 1.807) is 16.7 Å². The Morgan fingerprint density at radius 1 is 1.11 bits per heavy atom. The van der Waals surface area contributed by atoms with Gasteiger partial charge < -0.3 is 9.64 Å². The van der Waals surface area contributed by atoms with Crippen molar-refractivity contribution >= 4 is 29.3 Å². The van der Waals surface area contributed by atoms with Gasteiger partial charge in [0.15, 0.2) is 0 Å². The molecule has 0 saturated carbocycles. The van der Waals surface area contributed by atoms with Crippen LogP contribution in [0.3, 0.4) is 0 Å². The first kappa shape index (κ1) is 19.9. The molecule has 1 atom stereocenters. The summed E-state index contributed by atoms with van der Waals surface area (Å²) in [5.74, 6) is 0.217. The van der Waals surface area contributed by atoms with E-state index < -0.39 is 6.36 Å². The van der Waals surface area contributed by atoms with E-state index in [1.807, 2.05) is 24.3 Å². The fourth-order valence-corrected chi connectivity index (χ4v) is 4.54. The van der Waals surface area contributed by atoms with Crippen LogP contribution in [0.1, 0.15) is 27.6 Å². The van der Waals surface area contributed by atoms with Crippen molar-refractivity contribution in [3.63, 3.8) is 0 Å². The summed E-state index contributed by atoms with van der Waals surface area (Å²) in [7, 11) is 0. The number of nitrogens with zero attached hydrogens (tertiary/aromatic N) is 1. The molecular formula is C19H17ClF3NO2S. The Morgan fingerprint density at radius 3 is 2.48 bits per heavy atom. The van der Waals surface area contributed by atoms with Gasteiger partial charge in [-0.15, -0.1) is 13.2 Å². The zero-order chi connectivity index (χ0) is 19.4. The Kier molecular flexibility index (Phi) is 6.22. The van der Waals surface area contributed by atoms with Gasteiger partial charge in [-0.2, -0.15) is 11.8 Å². The number of hydrogen-bond acceptors (Lipinski definition) is 3. The molecule has 3 rings (SSSR count). The molecule has 1 unspecified atom stereocenters. The van der Waals surface area contributed by atoms with E-state index >= 15 is 0 Å². The van der Waals surface area contributed by atoms with Gasteiger partial charge in [-0.3, -0.25) is 4.79 Å². The van der Waals surface area contributed by atoms with Crippen molar-refractivity contribution in [1.29, 1.82) is 0 Å². The third kappa shape index (κ3) is 5.32. The summed E-state index contributed by atoms with van der Waals surface area (Å²) in [4.78, 5) is 14.4. The number of benzene rings is 2. The van der Waals surface area contributed by atoms with E-state index in [0.717, 1.165) is 34.9 Å². The van der Waals surface area contributed by atoms with Crippen molar-refractivity contribution in [2.24, 2.45) is 0 Å². The van der Waals surface area contributed by atoms with E-state index in [2.05, 4.69) is 4.74 Å². The molecule has 2 aromatic rings. The van der Waals surface area contributed by atoms with Gasteiger partial charge in [0.1, 0.15) is 5.75 Å². The second kappa shape index (κ2) is 8.44. The minimum atomic E-state index is -4.75. The van der Waals surface area contributed by atoms with Gasteiger partial charge in [-0.1, -0.05) is 29.8 Å². The monoisotopic (exact) mass is 415 g/mol. The molecule has 0 N–H and O–H groups in total. The topological polar surface area (TPSA) is 29.5 Å². The fourth-order valence-electron chi connectivity index (χ4n) is 2.94. The molecule has 1 amide bonds. The van der Waals surface area contributed by atoms with E-state index in [0.29, 0.717) is 18.7 Å². The van der Waals surface area contributed by atoms with Gasteiger partial charge >= 0.3 is 6.36 Å². The Balaban J connectivity index is 1.65. The summed E-state index contributed by atoms with van der Waals surface area (Å²) in [6.45, 7) is 1.13. The lowest BCUT2D eigenvalue weighted by molar-refractivity contribution is -0.274. The van der Waals surface area contributed by atoms with Crippen molar-refractivity contribution < 1.29 is 22.7 Å². The highest BCUT2D eigenvalue weighted by atomic mass is 35.5. The molecule has 27 heavy (non-hydrogen) atoms. The molecule has 0 aromatic heterocycles. The second-order valence-corrected chi connectivity index (χ2v) is 7.75. The number of carbonyl (C=O) groups excluding carboxylic acids is 1. The van der Waals surface area contributed by atoms with Crippen LogP contribution >= 0.6 is 23.4 Å². The number of halogens is 4. The Hall–Kier alpha value is -1.86. The number of carbonyl (C=O) groups is 1. The number of alkyl halides is 3. The Bertz CT molecular complexity index is 798. The molecular weight excluding hydrogens is 399 g/mol. The highest BCUT2D eigenvalue weighted by molar-refractivity contribution is 7.99. The smallest absolute Gasteiger partial charge is 0.406 e. The molecule has 3 nitrogen and oxygen atoms in total. The molecule has 144 valence electrons. The maximum atomic E-state index is 12.7. The second-order valence-electron chi connectivity index (χ2n) is 6.03. The molecule has 0 radical (unpaired) electrons. The predicted octanol–water partition coefficient (Wildman–Crippen LogP) is 5.56. The van der Waals surface area contributed by atoms with Crippen LogP contribution in [0.15, 0.2) is 48.5 Å². The lowest BCUT2D eigenvalue weighted by Crippen LogP contribution is -2.32. The average Bonchev–Trinajstić information content (AvgIpc) is 2.87. The molecule has 1 aliphatic rings. The van der Waals surface area contributed by atoms with Crippen molar-refractivity contribution in [1.82, 2.24) is 4.90 Å². The molecule has 0 spiro atoms. The number of rotatable bonds is 3. The van der Waals surface area contributed by atoms with Crippen LogP contribution in [0.25, 0.3) is 0 Å². The van der Waals surface area contributed by atoms with Gasteiger partial charge in [0.25, 0.3) is 5.91 Å². The van der Waals surface area contributed by atoms with Gasteiger partial charge in [-0.05, 0) is 42.3 Å². The van der Waals surface area contributed by atoms with Crippen molar-refractivity contribution in [2.45, 2.75) is 18.0 Å². The zero-order valence-electron chi connectivity index (χ0n) is 14.2. The molecule has 1 heterocycles. The highest BCUT2D eigenvalue weighted by Gasteiger charge is 2.31. The fraction of sp³-hybridized carbons (Fsp3) is 0.316. The first-order chi connectivity index (χ1) is 12.8. The lowest BCUT2D eigenvalue weighted by atomic mass is 10.1. The van der Waals surface area contributed by atoms with Crippen molar-refractivity contribution in [3.8, 4) is 5.75 Å². The number of thioether (sulfide) groups is 1. The quantitative estimate of drug-likeness (QED) is 0.657. The van der Waals surface area contributed by atoms with Crippen LogP contribution in [0.4, 0.5) is 13.2 Å². The van der Waals surface area contributed by atoms with Crippen molar-refractivity contribution in [2.75, 3.05) is 18.8 Å². The van der Waals surface area contributed by atoms with Crippen molar-refractivity contribution in [3.05, 3.63) is 64.7 Å². The van der Waals surface area contributed by atoms with Gasteiger partial charge in [0.05, 0.1) is 0 Å². The number of hydrogen-bond donors (Lipinski definition) is 0. The molecule has 2 aromatic carbocycles. The molecule has 0 aliphatic carbocycles. The zero-order valence-corrected chi connectivity index (χ0v) is 15.8. The maximum absolute atomic E-state index is 12.7. The minimum Gasteiger partial charge on any atom is -0.406 e. The van der Waals surface area contributed by atoms with Gasteiger partial charge in [-0.25, -0.2) is 0 Å². The number of amides is 1. The first-order valence-corrected chi connectivity index (χ1v) is 9.77. The van der Waals surface area contributed by atoms with Crippen LogP contribution in [-0.4, -0.2) is 36.0 Å². The van der Waals surface area contributed by atoms with Crippen LogP contribution < -0.4 is 4.74 Å². The summed E-state index contributed by atoms with van der Waals surface area (Å²) in [6, 6.07) is 12.7. The maximum Gasteiger partial charge on any atom is 0.573 e. The number of ether oxygens (including phenoxy) is 1. The third-order valence-electron chi connectivity index (χ3n) is 4.22. The standard InChI is InChI=1S/C19H17ClF3NO2S/c20-16-4-2-1-3-15(16)17-9-10-24(11-12-27-17)18(25)13-5-7-14(8-6-13)26-19(21,22)23/h1-8,17H,9-12H2. The largest absolute Gasteiger partial charge is 0.573 e. The summed E-state index contributed by atoms with van der Waals surface area (Å²) in [6.07, 6.45) is -3.99. The van der Waals surface area contributed by atoms with Gasteiger partial charge in [0, 0.05) is 34.7 Å². The van der Waals surface area contributed by atoms with Crippen LogP contribution in [-0.2, 0) is 0 Å². The Morgan fingerprint density at radius 2 is 1.81 bits per heavy atom. The normalized spacial score (nSPS) is 18.1. The first-order valence-electron chi connectivity index (χ1n) is 8.34. The molecule has 0 bridgehead atoms. The van der Waals surface area contributed by atoms with Gasteiger partial charge in [0.2, 0.25) is 0 Å². The lowest BCUT2D eigenvalue weighted by Gasteiger charge is -2.21. The molecule has 8 heteroatoms. The third-order valence-corrected chi connectivity index (χ3v) is 5.87. The van der Waals surface area contributed by atoms with E-state index in [1.165, 1.54) is 12.1 Å². The average molecular weight is 416 g/mol. The Labute approximate surface area is 164 Å². The van der Waals surface area contributed by atoms with E-state index in [-0.39, 0.29) is 16.9 Å². The van der Waals surface area contributed by atoms with Crippen LogP contribution in [0.5, 0.6) is 5.75 Å². The minimum absolute atomic E-state index is 0.200. The summed E-state index contributed by atoms with van der Waals surface area (Å²) >= 11 is 8.03. The molecule has 1 saturated heterocycles. The van der Waals surface area contributed by atoms with Crippen LogP contribution in [0.2, 0.25) is 5.02 Å².